The first-order chi connectivity index (χ1) is 10.3. The molecule has 3 rings (SSSR count). The molecule has 0 spiro atoms. The number of anilines is 2. The van der Waals surface area contributed by atoms with Crippen molar-refractivity contribution in [2.75, 3.05) is 11.9 Å². The molecule has 21 heavy (non-hydrogen) atoms. The molecule has 108 valence electrons. The number of hydrogen-bond donors (Lipinski definition) is 1. The number of carbonyl (C=O) groups is 1. The number of rotatable bonds is 5. The van der Waals surface area contributed by atoms with Crippen LogP contribution in [0.5, 0.6) is 0 Å². The number of tetrazole rings is 1. The predicted molar refractivity (Wildman–Crippen MR) is 71.7 cm³/mol. The van der Waals surface area contributed by atoms with E-state index in [0.29, 0.717) is 17.7 Å². The topological polar surface area (TPSA) is 108 Å². The second kappa shape index (κ2) is 5.57. The summed E-state index contributed by atoms with van der Waals surface area (Å²) in [6.45, 7) is 1.94. The van der Waals surface area contributed by atoms with Crippen molar-refractivity contribution in [1.29, 1.82) is 0 Å². The molecular weight excluding hydrogens is 276 g/mol. The summed E-state index contributed by atoms with van der Waals surface area (Å²) in [5.74, 6) is -0.181. The molecule has 0 amide bonds. The maximum atomic E-state index is 11.5. The Morgan fingerprint density at radius 3 is 3.10 bits per heavy atom. The summed E-state index contributed by atoms with van der Waals surface area (Å²) in [5.41, 5.74) is 1.36. The third-order valence-corrected chi connectivity index (χ3v) is 2.63. The number of carbonyl (C=O) groups excluding carboxylic acids is 1. The summed E-state index contributed by atoms with van der Waals surface area (Å²) in [7, 11) is 0. The molecule has 1 N–H and O–H groups in total. The van der Waals surface area contributed by atoms with E-state index in [1.807, 2.05) is 18.2 Å². The van der Waals surface area contributed by atoms with Crippen LogP contribution in [0.25, 0.3) is 11.1 Å². The Bertz CT molecular complexity index is 732. The average molecular weight is 288 g/mol. The van der Waals surface area contributed by atoms with Crippen LogP contribution in [0.15, 0.2) is 28.7 Å². The maximum Gasteiger partial charge on any atom is 0.327 e. The fraction of sp³-hybridized carbons (Fsp3) is 0.250. The summed E-state index contributed by atoms with van der Waals surface area (Å²) in [4.78, 5) is 15.7. The number of hydrogen-bond acceptors (Lipinski definition) is 8. The summed E-state index contributed by atoms with van der Waals surface area (Å²) in [6, 6.07) is 7.58. The van der Waals surface area contributed by atoms with Crippen molar-refractivity contribution >= 4 is 29.0 Å². The standard InChI is InChI=1S/C12H12N6O3/c1-2-20-10(19)7-18-11(15-16-17-18)14-12-13-8-5-3-4-6-9(8)21-12/h3-6H,2,7H2,1H3,(H,13,14,15,17). The Morgan fingerprint density at radius 2 is 2.29 bits per heavy atom. The zero-order chi connectivity index (χ0) is 14.7. The highest BCUT2D eigenvalue weighted by Gasteiger charge is 2.13. The molecule has 1 aromatic carbocycles. The monoisotopic (exact) mass is 288 g/mol. The van der Waals surface area contributed by atoms with E-state index in [9.17, 15) is 4.79 Å². The number of fused-ring (bicyclic) bond motifs is 1. The fourth-order valence-corrected chi connectivity index (χ4v) is 1.75. The van der Waals surface area contributed by atoms with E-state index < -0.39 is 5.97 Å². The molecule has 2 heterocycles. The van der Waals surface area contributed by atoms with Crippen molar-refractivity contribution < 1.29 is 13.9 Å². The van der Waals surface area contributed by atoms with E-state index in [0.717, 1.165) is 0 Å². The van der Waals surface area contributed by atoms with Gasteiger partial charge in [0.1, 0.15) is 12.1 Å². The summed E-state index contributed by atoms with van der Waals surface area (Å²) in [5, 5.41) is 13.8. The van der Waals surface area contributed by atoms with Crippen molar-refractivity contribution in [3.8, 4) is 0 Å². The summed E-state index contributed by atoms with van der Waals surface area (Å²) < 4.78 is 11.6. The van der Waals surface area contributed by atoms with Crippen molar-refractivity contribution in [2.45, 2.75) is 13.5 Å². The van der Waals surface area contributed by atoms with Gasteiger partial charge < -0.3 is 9.15 Å². The summed E-state index contributed by atoms with van der Waals surface area (Å²) >= 11 is 0. The first kappa shape index (κ1) is 13.0. The molecule has 0 radical (unpaired) electrons. The van der Waals surface area contributed by atoms with Crippen LogP contribution >= 0.6 is 0 Å². The first-order valence-corrected chi connectivity index (χ1v) is 6.30. The Labute approximate surface area is 118 Å². The normalized spacial score (nSPS) is 10.7. The van der Waals surface area contributed by atoms with Gasteiger partial charge in [0.25, 0.3) is 5.95 Å². The van der Waals surface area contributed by atoms with Crippen LogP contribution < -0.4 is 5.32 Å². The number of nitrogens with one attached hydrogen (secondary N) is 1. The summed E-state index contributed by atoms with van der Waals surface area (Å²) in [6.07, 6.45) is 0. The van der Waals surface area contributed by atoms with E-state index in [1.165, 1.54) is 4.68 Å². The molecule has 0 aliphatic rings. The van der Waals surface area contributed by atoms with Gasteiger partial charge in [-0.2, -0.15) is 4.98 Å². The van der Waals surface area contributed by atoms with Gasteiger partial charge >= 0.3 is 12.0 Å². The minimum Gasteiger partial charge on any atom is -0.465 e. The van der Waals surface area contributed by atoms with E-state index in [-0.39, 0.29) is 18.5 Å². The Morgan fingerprint density at radius 1 is 1.43 bits per heavy atom. The molecule has 0 bridgehead atoms. The van der Waals surface area contributed by atoms with E-state index in [2.05, 4.69) is 25.8 Å². The third-order valence-electron chi connectivity index (χ3n) is 2.63. The number of oxazole rings is 1. The Kier molecular flexibility index (Phi) is 3.46. The van der Waals surface area contributed by atoms with Crippen molar-refractivity contribution in [3.05, 3.63) is 24.3 Å². The van der Waals surface area contributed by atoms with Gasteiger partial charge in [-0.15, -0.1) is 0 Å². The lowest BCUT2D eigenvalue weighted by Gasteiger charge is -2.03. The molecule has 2 aromatic heterocycles. The van der Waals surface area contributed by atoms with Crippen LogP contribution in [0.2, 0.25) is 0 Å². The molecule has 0 aliphatic heterocycles. The molecule has 0 aliphatic carbocycles. The van der Waals surface area contributed by atoms with Gasteiger partial charge in [0.2, 0.25) is 0 Å². The van der Waals surface area contributed by atoms with E-state index in [1.54, 1.807) is 13.0 Å². The number of ether oxygens (including phenoxy) is 1. The van der Waals surface area contributed by atoms with Gasteiger partial charge in [0.15, 0.2) is 5.58 Å². The molecule has 0 saturated heterocycles. The van der Waals surface area contributed by atoms with Crippen LogP contribution in [0.1, 0.15) is 6.92 Å². The number of aromatic nitrogens is 5. The maximum absolute atomic E-state index is 11.5. The van der Waals surface area contributed by atoms with Gasteiger partial charge in [0.05, 0.1) is 6.61 Å². The molecular formula is C12H12N6O3. The number of esters is 1. The highest BCUT2D eigenvalue weighted by atomic mass is 16.5. The predicted octanol–water partition coefficient (Wildman–Crippen LogP) is 1.12. The second-order valence-electron chi connectivity index (χ2n) is 4.08. The quantitative estimate of drug-likeness (QED) is 0.696. The van der Waals surface area contributed by atoms with Crippen LogP contribution in [0.3, 0.4) is 0 Å². The molecule has 9 nitrogen and oxygen atoms in total. The Balaban J connectivity index is 1.78. The smallest absolute Gasteiger partial charge is 0.327 e. The largest absolute Gasteiger partial charge is 0.465 e. The van der Waals surface area contributed by atoms with Crippen LogP contribution in [-0.4, -0.2) is 37.8 Å². The van der Waals surface area contributed by atoms with Gasteiger partial charge in [-0.1, -0.05) is 17.2 Å². The second-order valence-corrected chi connectivity index (χ2v) is 4.08. The number of nitrogens with zero attached hydrogens (tertiary/aromatic N) is 5. The highest BCUT2D eigenvalue weighted by molar-refractivity contribution is 5.74. The lowest BCUT2D eigenvalue weighted by atomic mass is 10.3. The van der Waals surface area contributed by atoms with Crippen molar-refractivity contribution in [3.63, 3.8) is 0 Å². The van der Waals surface area contributed by atoms with Crippen LogP contribution in [0, 0.1) is 0 Å². The van der Waals surface area contributed by atoms with E-state index in [4.69, 9.17) is 9.15 Å². The minimum atomic E-state index is -0.426. The molecule has 0 atom stereocenters. The van der Waals surface area contributed by atoms with Gasteiger partial charge in [-0.05, 0) is 29.5 Å². The zero-order valence-corrected chi connectivity index (χ0v) is 11.2. The van der Waals surface area contributed by atoms with E-state index >= 15 is 0 Å². The number of para-hydroxylation sites is 2. The molecule has 3 aromatic rings. The molecule has 9 heteroatoms. The molecule has 0 unspecified atom stereocenters. The Hall–Kier alpha value is -2.97. The zero-order valence-electron chi connectivity index (χ0n) is 11.2. The van der Waals surface area contributed by atoms with Crippen molar-refractivity contribution in [1.82, 2.24) is 25.2 Å². The lowest BCUT2D eigenvalue weighted by Crippen LogP contribution is -2.16. The average Bonchev–Trinajstić information content (AvgIpc) is 3.06. The molecule has 0 saturated carbocycles. The van der Waals surface area contributed by atoms with Gasteiger partial charge in [0, 0.05) is 0 Å². The van der Waals surface area contributed by atoms with Gasteiger partial charge in [-0.3, -0.25) is 10.1 Å². The lowest BCUT2D eigenvalue weighted by molar-refractivity contribution is -0.144. The molecule has 0 fully saturated rings. The minimum absolute atomic E-state index is 0.0938. The third kappa shape index (κ3) is 2.81. The van der Waals surface area contributed by atoms with Crippen LogP contribution in [-0.2, 0) is 16.1 Å². The highest BCUT2D eigenvalue weighted by Crippen LogP contribution is 2.20. The van der Waals surface area contributed by atoms with Crippen LogP contribution in [0.4, 0.5) is 12.0 Å². The first-order valence-electron chi connectivity index (χ1n) is 6.30. The fourth-order valence-electron chi connectivity index (χ4n) is 1.75. The van der Waals surface area contributed by atoms with Gasteiger partial charge in [-0.25, -0.2) is 4.68 Å². The number of benzene rings is 1. The van der Waals surface area contributed by atoms with Crippen molar-refractivity contribution in [2.24, 2.45) is 0 Å². The SMILES string of the molecule is CCOC(=O)Cn1nnnc1Nc1nc2ccccc2o1.